The lowest BCUT2D eigenvalue weighted by molar-refractivity contribution is -0.172. The number of hydrogen-bond donors (Lipinski definition) is 0. The SMILES string of the molecule is CCC[O+](C)C(C)C(CC)CC(CC)CC. The molecule has 98 valence electrons. The minimum absolute atomic E-state index is 0.658. The summed E-state index contributed by atoms with van der Waals surface area (Å²) in [5.74, 6) is 1.76. The van der Waals surface area contributed by atoms with Crippen molar-refractivity contribution in [2.75, 3.05) is 13.7 Å². The predicted octanol–water partition coefficient (Wildman–Crippen LogP) is 4.82. The van der Waals surface area contributed by atoms with Crippen LogP contribution in [0.25, 0.3) is 0 Å². The number of hydrogen-bond acceptors (Lipinski definition) is 0. The normalized spacial score (nSPS) is 15.8. The van der Waals surface area contributed by atoms with Crippen molar-refractivity contribution in [1.29, 1.82) is 0 Å². The van der Waals surface area contributed by atoms with Gasteiger partial charge in [0.05, 0.1) is 0 Å². The van der Waals surface area contributed by atoms with Gasteiger partial charge in [0, 0.05) is 19.3 Å². The van der Waals surface area contributed by atoms with E-state index in [1.54, 1.807) is 0 Å². The molecule has 0 radical (unpaired) electrons. The van der Waals surface area contributed by atoms with E-state index in [9.17, 15) is 0 Å². The van der Waals surface area contributed by atoms with Gasteiger partial charge < -0.3 is 4.37 Å². The van der Waals surface area contributed by atoms with E-state index in [4.69, 9.17) is 0 Å². The van der Waals surface area contributed by atoms with Crippen LogP contribution in [0.5, 0.6) is 0 Å². The summed E-state index contributed by atoms with van der Waals surface area (Å²) in [7, 11) is 2.20. The molecular formula is C15H33O+. The maximum atomic E-state index is 3.35. The molecule has 0 spiro atoms. The van der Waals surface area contributed by atoms with Crippen molar-refractivity contribution < 1.29 is 4.37 Å². The molecule has 1 nitrogen and oxygen atoms in total. The Morgan fingerprint density at radius 2 is 1.50 bits per heavy atom. The van der Waals surface area contributed by atoms with E-state index < -0.39 is 0 Å². The maximum absolute atomic E-state index is 3.35. The lowest BCUT2D eigenvalue weighted by atomic mass is 9.86. The first kappa shape index (κ1) is 16.0. The van der Waals surface area contributed by atoms with Crippen LogP contribution in [0.1, 0.15) is 66.7 Å². The highest BCUT2D eigenvalue weighted by Gasteiger charge is 2.26. The highest BCUT2D eigenvalue weighted by atomic mass is 16.7. The molecule has 0 amide bonds. The van der Waals surface area contributed by atoms with Gasteiger partial charge in [0.2, 0.25) is 0 Å². The molecule has 0 aromatic carbocycles. The van der Waals surface area contributed by atoms with Gasteiger partial charge in [0.25, 0.3) is 0 Å². The van der Waals surface area contributed by atoms with Gasteiger partial charge in [-0.05, 0) is 18.8 Å². The molecule has 0 heterocycles. The summed E-state index contributed by atoms with van der Waals surface area (Å²) in [5.41, 5.74) is 0. The molecule has 2 unspecified atom stereocenters. The fourth-order valence-electron chi connectivity index (χ4n) is 2.58. The summed E-state index contributed by atoms with van der Waals surface area (Å²) in [5, 5.41) is 0. The Morgan fingerprint density at radius 3 is 1.88 bits per heavy atom. The highest BCUT2D eigenvalue weighted by Crippen LogP contribution is 2.27. The average Bonchev–Trinajstić information content (AvgIpc) is 2.30. The summed E-state index contributed by atoms with van der Waals surface area (Å²) in [6.45, 7) is 12.8. The molecule has 0 saturated heterocycles. The molecule has 0 fully saturated rings. The van der Waals surface area contributed by atoms with Gasteiger partial charge in [-0.3, -0.25) is 0 Å². The maximum Gasteiger partial charge on any atom is 0.155 e. The van der Waals surface area contributed by atoms with Crippen molar-refractivity contribution in [3.8, 4) is 0 Å². The van der Waals surface area contributed by atoms with Crippen LogP contribution in [-0.2, 0) is 4.37 Å². The highest BCUT2D eigenvalue weighted by molar-refractivity contribution is 4.71. The summed E-state index contributed by atoms with van der Waals surface area (Å²) < 4.78 is 3.35. The van der Waals surface area contributed by atoms with Crippen molar-refractivity contribution in [3.05, 3.63) is 0 Å². The first-order valence-electron chi connectivity index (χ1n) is 7.21. The van der Waals surface area contributed by atoms with Gasteiger partial charge in [0.15, 0.2) is 6.10 Å². The van der Waals surface area contributed by atoms with Gasteiger partial charge >= 0.3 is 0 Å². The third-order valence-electron chi connectivity index (χ3n) is 4.14. The Morgan fingerprint density at radius 1 is 0.938 bits per heavy atom. The average molecular weight is 229 g/mol. The fraction of sp³-hybridized carbons (Fsp3) is 1.00. The smallest absolute Gasteiger partial charge is 0.155 e. The second-order valence-electron chi connectivity index (χ2n) is 5.19. The fourth-order valence-corrected chi connectivity index (χ4v) is 2.58. The number of rotatable bonds is 9. The van der Waals surface area contributed by atoms with E-state index in [2.05, 4.69) is 46.1 Å². The first-order valence-corrected chi connectivity index (χ1v) is 7.21. The summed E-state index contributed by atoms with van der Waals surface area (Å²) in [6.07, 6.45) is 7.26. The van der Waals surface area contributed by atoms with Gasteiger partial charge in [-0.2, -0.15) is 0 Å². The molecule has 0 aliphatic rings. The van der Waals surface area contributed by atoms with Crippen LogP contribution in [0.4, 0.5) is 0 Å². The predicted molar refractivity (Wildman–Crippen MR) is 74.1 cm³/mol. The Labute approximate surface area is 103 Å². The third-order valence-corrected chi connectivity index (χ3v) is 4.14. The largest absolute Gasteiger partial charge is 0.422 e. The topological polar surface area (TPSA) is 2.70 Å². The third kappa shape index (κ3) is 5.34. The molecular weight excluding hydrogens is 196 g/mol. The molecule has 0 saturated carbocycles. The Bertz CT molecular complexity index is 152. The van der Waals surface area contributed by atoms with Crippen LogP contribution in [0.3, 0.4) is 0 Å². The minimum atomic E-state index is 0.658. The van der Waals surface area contributed by atoms with Crippen molar-refractivity contribution in [3.63, 3.8) is 0 Å². The molecule has 0 N–H and O–H groups in total. The molecule has 0 bridgehead atoms. The van der Waals surface area contributed by atoms with E-state index in [-0.39, 0.29) is 0 Å². The van der Waals surface area contributed by atoms with Gasteiger partial charge in [-0.15, -0.1) is 0 Å². The summed E-state index contributed by atoms with van der Waals surface area (Å²) >= 11 is 0. The van der Waals surface area contributed by atoms with Crippen LogP contribution in [-0.4, -0.2) is 19.8 Å². The van der Waals surface area contributed by atoms with E-state index in [1.807, 2.05) is 0 Å². The molecule has 0 aliphatic heterocycles. The van der Waals surface area contributed by atoms with Crippen molar-refractivity contribution >= 4 is 0 Å². The minimum Gasteiger partial charge on any atom is -0.422 e. The van der Waals surface area contributed by atoms with Gasteiger partial charge in [0.1, 0.15) is 13.7 Å². The molecule has 0 aromatic heterocycles. The lowest BCUT2D eigenvalue weighted by Crippen LogP contribution is -2.30. The zero-order valence-electron chi connectivity index (χ0n) is 12.4. The summed E-state index contributed by atoms with van der Waals surface area (Å²) in [6, 6.07) is 0. The first-order chi connectivity index (χ1) is 7.60. The molecule has 0 aromatic rings. The van der Waals surface area contributed by atoms with Crippen LogP contribution in [0, 0.1) is 11.8 Å². The second-order valence-corrected chi connectivity index (χ2v) is 5.19. The molecule has 0 aliphatic carbocycles. The van der Waals surface area contributed by atoms with E-state index >= 15 is 0 Å². The standard InChI is InChI=1S/C15H33O/c1-7-11-16(6)13(5)15(10-4)12-14(8-2)9-3/h13-15H,7-12H2,1-6H3/q+1. The Kier molecular flexibility index (Phi) is 9.02. The van der Waals surface area contributed by atoms with Crippen LogP contribution in [0.2, 0.25) is 0 Å². The van der Waals surface area contributed by atoms with Gasteiger partial charge in [-0.25, -0.2) is 0 Å². The second kappa shape index (κ2) is 9.04. The lowest BCUT2D eigenvalue weighted by Gasteiger charge is -2.30. The monoisotopic (exact) mass is 229 g/mol. The van der Waals surface area contributed by atoms with E-state index in [1.165, 1.54) is 32.1 Å². The van der Waals surface area contributed by atoms with Crippen LogP contribution >= 0.6 is 0 Å². The van der Waals surface area contributed by atoms with E-state index in [0.717, 1.165) is 18.4 Å². The zero-order chi connectivity index (χ0) is 12.6. The molecule has 16 heavy (non-hydrogen) atoms. The quantitative estimate of drug-likeness (QED) is 0.499. The van der Waals surface area contributed by atoms with Crippen LogP contribution in [0.15, 0.2) is 0 Å². The van der Waals surface area contributed by atoms with E-state index in [0.29, 0.717) is 6.10 Å². The zero-order valence-corrected chi connectivity index (χ0v) is 12.4. The van der Waals surface area contributed by atoms with Crippen LogP contribution < -0.4 is 0 Å². The Hall–Kier alpha value is -0.0400. The molecule has 1 heteroatoms. The van der Waals surface area contributed by atoms with Crippen molar-refractivity contribution in [2.24, 2.45) is 11.8 Å². The van der Waals surface area contributed by atoms with Crippen molar-refractivity contribution in [1.82, 2.24) is 0 Å². The summed E-state index contributed by atoms with van der Waals surface area (Å²) in [4.78, 5) is 0. The van der Waals surface area contributed by atoms with Gasteiger partial charge in [-0.1, -0.05) is 40.5 Å². The molecule has 0 rings (SSSR count). The van der Waals surface area contributed by atoms with Crippen molar-refractivity contribution in [2.45, 2.75) is 72.8 Å². The Balaban J connectivity index is 4.24. The molecule has 2 atom stereocenters.